The largest absolute Gasteiger partial charge is 0.391 e. The van der Waals surface area contributed by atoms with E-state index < -0.39 is 6.10 Å². The highest BCUT2D eigenvalue weighted by Gasteiger charge is 2.18. The lowest BCUT2D eigenvalue weighted by atomic mass is 10.1. The van der Waals surface area contributed by atoms with Crippen molar-refractivity contribution in [3.8, 4) is 0 Å². The molecule has 0 spiro atoms. The highest BCUT2D eigenvalue weighted by molar-refractivity contribution is 6.39. The summed E-state index contributed by atoms with van der Waals surface area (Å²) in [6, 6.07) is 0. The first-order valence-electron chi connectivity index (χ1n) is 5.45. The van der Waals surface area contributed by atoms with E-state index in [1.807, 2.05) is 6.92 Å². The number of nitrogens with one attached hydrogen (secondary N) is 2. The molecule has 1 aliphatic rings. The predicted octanol–water partition coefficient (Wildman–Crippen LogP) is -0.470. The van der Waals surface area contributed by atoms with E-state index in [1.165, 1.54) is 0 Å². The molecule has 0 saturated heterocycles. The van der Waals surface area contributed by atoms with Crippen LogP contribution in [0, 0.1) is 0 Å². The summed E-state index contributed by atoms with van der Waals surface area (Å²) in [4.78, 5) is 22.3. The minimum Gasteiger partial charge on any atom is -0.391 e. The molecule has 90 valence electrons. The smallest absolute Gasteiger partial charge is 0.267 e. The highest BCUT2D eigenvalue weighted by atomic mass is 16.3. The predicted molar refractivity (Wildman–Crippen MR) is 58.7 cm³/mol. The summed E-state index contributed by atoms with van der Waals surface area (Å²) in [5.74, 6) is -0.502. The number of hydrogen-bond acceptors (Lipinski definition) is 4. The Hall–Kier alpha value is -1.43. The van der Waals surface area contributed by atoms with Crippen molar-refractivity contribution < 1.29 is 14.7 Å². The van der Waals surface area contributed by atoms with Gasteiger partial charge in [0, 0.05) is 19.4 Å². The third-order valence-electron chi connectivity index (χ3n) is 2.29. The summed E-state index contributed by atoms with van der Waals surface area (Å²) in [6.45, 7) is 2.19. The number of carbonyl (C=O) groups is 2. The minimum atomic E-state index is -0.521. The van der Waals surface area contributed by atoms with Crippen LogP contribution in [0.25, 0.3) is 0 Å². The van der Waals surface area contributed by atoms with Gasteiger partial charge < -0.3 is 10.4 Å². The van der Waals surface area contributed by atoms with Crippen molar-refractivity contribution in [2.75, 3.05) is 6.54 Å². The minimum absolute atomic E-state index is 0.178. The number of carbonyl (C=O) groups excluding carboxylic acids is 2. The van der Waals surface area contributed by atoms with Crippen molar-refractivity contribution in [2.45, 2.75) is 38.7 Å². The van der Waals surface area contributed by atoms with Crippen LogP contribution in [0.2, 0.25) is 0 Å². The van der Waals surface area contributed by atoms with Crippen LogP contribution in [0.5, 0.6) is 0 Å². The molecular weight excluding hydrogens is 210 g/mol. The lowest BCUT2D eigenvalue weighted by Crippen LogP contribution is -2.40. The van der Waals surface area contributed by atoms with Gasteiger partial charge in [0.15, 0.2) is 0 Å². The molecule has 1 heterocycles. The van der Waals surface area contributed by atoms with Gasteiger partial charge in [0.1, 0.15) is 5.71 Å². The topological polar surface area (TPSA) is 90.8 Å². The number of nitrogens with zero attached hydrogens (tertiary/aromatic N) is 1. The van der Waals surface area contributed by atoms with Crippen LogP contribution in [0.15, 0.2) is 5.10 Å². The average Bonchev–Trinajstić information content (AvgIpc) is 2.27. The molecule has 0 aliphatic carbocycles. The Morgan fingerprint density at radius 1 is 1.62 bits per heavy atom. The van der Waals surface area contributed by atoms with Gasteiger partial charge in [-0.05, 0) is 6.42 Å². The van der Waals surface area contributed by atoms with Crippen molar-refractivity contribution in [1.82, 2.24) is 10.7 Å². The summed E-state index contributed by atoms with van der Waals surface area (Å²) in [6.07, 6.45) is 1.63. The molecule has 0 fully saturated rings. The fraction of sp³-hybridized carbons (Fsp3) is 0.700. The van der Waals surface area contributed by atoms with E-state index in [0.717, 1.165) is 6.42 Å². The molecule has 2 amide bonds. The van der Waals surface area contributed by atoms with E-state index in [1.54, 1.807) is 0 Å². The zero-order valence-corrected chi connectivity index (χ0v) is 9.32. The third-order valence-corrected chi connectivity index (χ3v) is 2.29. The van der Waals surface area contributed by atoms with Crippen LogP contribution in [0.3, 0.4) is 0 Å². The molecular formula is C10H17N3O3. The van der Waals surface area contributed by atoms with E-state index in [2.05, 4.69) is 15.8 Å². The fourth-order valence-electron chi connectivity index (χ4n) is 1.39. The van der Waals surface area contributed by atoms with Gasteiger partial charge in [-0.25, -0.2) is 5.43 Å². The lowest BCUT2D eigenvalue weighted by molar-refractivity contribution is -0.121. The van der Waals surface area contributed by atoms with Crippen molar-refractivity contribution in [1.29, 1.82) is 0 Å². The summed E-state index contributed by atoms with van der Waals surface area (Å²) < 4.78 is 0. The second-order valence-corrected chi connectivity index (χ2v) is 3.75. The SMILES string of the molecule is CCCC(O)CNC(=O)C1=NNC(=O)CC1. The Kier molecular flexibility index (Phi) is 4.91. The Bertz CT molecular complexity index is 302. The Morgan fingerprint density at radius 2 is 2.38 bits per heavy atom. The van der Waals surface area contributed by atoms with Gasteiger partial charge in [0.2, 0.25) is 5.91 Å². The molecule has 6 nitrogen and oxygen atoms in total. The Labute approximate surface area is 94.1 Å². The summed E-state index contributed by atoms with van der Waals surface area (Å²) in [7, 11) is 0. The first kappa shape index (κ1) is 12.6. The van der Waals surface area contributed by atoms with E-state index in [0.29, 0.717) is 18.6 Å². The van der Waals surface area contributed by atoms with Crippen molar-refractivity contribution in [3.05, 3.63) is 0 Å². The molecule has 0 radical (unpaired) electrons. The summed E-state index contributed by atoms with van der Waals surface area (Å²) in [5, 5.41) is 15.7. The molecule has 0 aromatic heterocycles. The second kappa shape index (κ2) is 6.22. The maximum atomic E-state index is 11.5. The molecule has 1 rings (SSSR count). The van der Waals surface area contributed by atoms with E-state index in [4.69, 9.17) is 0 Å². The zero-order valence-electron chi connectivity index (χ0n) is 9.32. The summed E-state index contributed by atoms with van der Waals surface area (Å²) >= 11 is 0. The lowest BCUT2D eigenvalue weighted by Gasteiger charge is -2.14. The molecule has 6 heteroatoms. The van der Waals surface area contributed by atoms with Gasteiger partial charge in [-0.15, -0.1) is 0 Å². The summed E-state index contributed by atoms with van der Waals surface area (Å²) in [5.41, 5.74) is 2.56. The maximum absolute atomic E-state index is 11.5. The molecule has 3 N–H and O–H groups in total. The number of rotatable bonds is 5. The fourth-order valence-corrected chi connectivity index (χ4v) is 1.39. The van der Waals surface area contributed by atoms with Crippen LogP contribution in [0.1, 0.15) is 32.6 Å². The normalized spacial score (nSPS) is 17.4. The van der Waals surface area contributed by atoms with Gasteiger partial charge in [-0.1, -0.05) is 13.3 Å². The molecule has 1 aliphatic heterocycles. The molecule has 1 atom stereocenters. The second-order valence-electron chi connectivity index (χ2n) is 3.75. The van der Waals surface area contributed by atoms with Crippen LogP contribution in [0.4, 0.5) is 0 Å². The van der Waals surface area contributed by atoms with Gasteiger partial charge >= 0.3 is 0 Å². The molecule has 0 aromatic rings. The third kappa shape index (κ3) is 3.98. The van der Waals surface area contributed by atoms with Gasteiger partial charge in [-0.3, -0.25) is 9.59 Å². The highest BCUT2D eigenvalue weighted by Crippen LogP contribution is 2.00. The van der Waals surface area contributed by atoms with Gasteiger partial charge in [0.05, 0.1) is 6.10 Å². The first-order valence-corrected chi connectivity index (χ1v) is 5.45. The maximum Gasteiger partial charge on any atom is 0.267 e. The standard InChI is InChI=1S/C10H17N3O3/c1-2-3-7(14)6-11-10(16)8-4-5-9(15)13-12-8/h7,14H,2-6H2,1H3,(H,11,16)(H,13,15). The van der Waals surface area contributed by atoms with Crippen LogP contribution in [-0.2, 0) is 9.59 Å². The molecule has 0 aromatic carbocycles. The Balaban J connectivity index is 2.32. The Morgan fingerprint density at radius 3 is 2.94 bits per heavy atom. The number of amides is 2. The van der Waals surface area contributed by atoms with Crippen molar-refractivity contribution >= 4 is 17.5 Å². The molecule has 16 heavy (non-hydrogen) atoms. The van der Waals surface area contributed by atoms with Crippen LogP contribution < -0.4 is 10.7 Å². The first-order chi connectivity index (χ1) is 7.63. The van der Waals surface area contributed by atoms with E-state index >= 15 is 0 Å². The molecule has 1 unspecified atom stereocenters. The van der Waals surface area contributed by atoms with Gasteiger partial charge in [-0.2, -0.15) is 5.10 Å². The molecule has 0 saturated carbocycles. The zero-order chi connectivity index (χ0) is 12.0. The number of hydrogen-bond donors (Lipinski definition) is 3. The van der Waals surface area contributed by atoms with Crippen molar-refractivity contribution in [3.63, 3.8) is 0 Å². The average molecular weight is 227 g/mol. The monoisotopic (exact) mass is 227 g/mol. The van der Waals surface area contributed by atoms with E-state index in [9.17, 15) is 14.7 Å². The molecule has 0 bridgehead atoms. The van der Waals surface area contributed by atoms with Crippen LogP contribution in [-0.4, -0.2) is 35.3 Å². The quantitative estimate of drug-likeness (QED) is 0.593. The van der Waals surface area contributed by atoms with Crippen molar-refractivity contribution in [2.24, 2.45) is 5.10 Å². The number of aliphatic hydroxyl groups excluding tert-OH is 1. The number of hydrazone groups is 1. The van der Waals surface area contributed by atoms with Crippen LogP contribution >= 0.6 is 0 Å². The number of aliphatic hydroxyl groups is 1. The van der Waals surface area contributed by atoms with Gasteiger partial charge in [0.25, 0.3) is 5.91 Å². The van der Waals surface area contributed by atoms with E-state index in [-0.39, 0.29) is 24.8 Å².